The summed E-state index contributed by atoms with van der Waals surface area (Å²) < 4.78 is 146. The number of benzene rings is 2. The molecular formula is C15HF11O2. The van der Waals surface area contributed by atoms with Crippen molar-refractivity contribution in [1.82, 2.24) is 0 Å². The third-order valence-electron chi connectivity index (χ3n) is 3.37. The van der Waals surface area contributed by atoms with Crippen LogP contribution in [0.15, 0.2) is 0 Å². The topological polar surface area (TPSA) is 34.1 Å². The van der Waals surface area contributed by atoms with Crippen molar-refractivity contribution in [1.29, 1.82) is 0 Å². The van der Waals surface area contributed by atoms with Gasteiger partial charge in [-0.05, 0) is 0 Å². The van der Waals surface area contributed by atoms with E-state index in [0.717, 1.165) is 0 Å². The minimum absolute atomic E-state index is 2.49. The van der Waals surface area contributed by atoms with Crippen LogP contribution in [0, 0.1) is 58.2 Å². The number of Topliss-reactive ketones (excluding diaryl/α,β-unsaturated/α-hetero) is 2. The summed E-state index contributed by atoms with van der Waals surface area (Å²) in [6.07, 6.45) is -4.07. The monoisotopic (exact) mass is 422 g/mol. The van der Waals surface area contributed by atoms with Crippen LogP contribution in [0.2, 0.25) is 0 Å². The second-order valence-electron chi connectivity index (χ2n) is 4.98. The summed E-state index contributed by atoms with van der Waals surface area (Å²) in [6.45, 7) is 0. The summed E-state index contributed by atoms with van der Waals surface area (Å²) >= 11 is 0. The first-order valence-electron chi connectivity index (χ1n) is 6.59. The minimum Gasteiger partial charge on any atom is -0.290 e. The minimum atomic E-state index is -4.07. The molecule has 0 aliphatic heterocycles. The maximum Gasteiger partial charge on any atom is 0.225 e. The van der Waals surface area contributed by atoms with Crippen LogP contribution in [-0.4, -0.2) is 17.7 Å². The molecule has 0 aliphatic carbocycles. The van der Waals surface area contributed by atoms with Crippen molar-refractivity contribution in [3.05, 3.63) is 69.3 Å². The van der Waals surface area contributed by atoms with Gasteiger partial charge in [0.15, 0.2) is 46.5 Å². The van der Waals surface area contributed by atoms with Crippen LogP contribution in [0.3, 0.4) is 0 Å². The zero-order valence-corrected chi connectivity index (χ0v) is 12.6. The molecular weight excluding hydrogens is 421 g/mol. The molecule has 0 atom stereocenters. The molecule has 13 heteroatoms. The quantitative estimate of drug-likeness (QED) is 0.240. The van der Waals surface area contributed by atoms with Crippen LogP contribution in [0.4, 0.5) is 48.3 Å². The predicted molar refractivity (Wildman–Crippen MR) is 66.0 cm³/mol. The number of rotatable bonds is 4. The van der Waals surface area contributed by atoms with Gasteiger partial charge in [0.05, 0.1) is 11.1 Å². The average Bonchev–Trinajstić information content (AvgIpc) is 2.67. The SMILES string of the molecule is O=C(c1c(F)c(F)c(F)c(F)c1F)C(F)C(=O)c1c(F)c(F)c(F)c(F)c1F. The molecule has 0 bridgehead atoms. The fraction of sp³-hybridized carbons (Fsp3) is 0.0667. The molecule has 0 radical (unpaired) electrons. The fourth-order valence-corrected chi connectivity index (χ4v) is 2.01. The van der Waals surface area contributed by atoms with E-state index in [4.69, 9.17) is 0 Å². The molecule has 0 saturated heterocycles. The molecule has 0 fully saturated rings. The van der Waals surface area contributed by atoms with Crippen molar-refractivity contribution < 1.29 is 57.9 Å². The molecule has 0 N–H and O–H groups in total. The molecule has 0 aromatic heterocycles. The molecule has 2 aromatic rings. The van der Waals surface area contributed by atoms with Gasteiger partial charge in [0.2, 0.25) is 29.4 Å². The summed E-state index contributed by atoms with van der Waals surface area (Å²) in [5, 5.41) is 0. The van der Waals surface area contributed by atoms with Crippen LogP contribution < -0.4 is 0 Å². The van der Waals surface area contributed by atoms with E-state index >= 15 is 0 Å². The molecule has 0 aliphatic rings. The Labute approximate surface area is 146 Å². The molecule has 2 rings (SSSR count). The van der Waals surface area contributed by atoms with Crippen LogP contribution in [-0.2, 0) is 0 Å². The van der Waals surface area contributed by atoms with Gasteiger partial charge in [0.1, 0.15) is 0 Å². The molecule has 28 heavy (non-hydrogen) atoms. The van der Waals surface area contributed by atoms with Gasteiger partial charge < -0.3 is 0 Å². The first-order chi connectivity index (χ1) is 12.8. The number of hydrogen-bond donors (Lipinski definition) is 0. The number of carbonyl (C=O) groups excluding carboxylic acids is 2. The second kappa shape index (κ2) is 7.20. The maximum absolute atomic E-state index is 14.0. The van der Waals surface area contributed by atoms with Crippen LogP contribution in [0.25, 0.3) is 0 Å². The Morgan fingerprint density at radius 2 is 0.607 bits per heavy atom. The van der Waals surface area contributed by atoms with Crippen molar-refractivity contribution in [3.63, 3.8) is 0 Å². The Kier molecular flexibility index (Phi) is 5.48. The lowest BCUT2D eigenvalue weighted by molar-refractivity contribution is 0.0745. The Morgan fingerprint density at radius 1 is 0.429 bits per heavy atom. The smallest absolute Gasteiger partial charge is 0.225 e. The highest BCUT2D eigenvalue weighted by atomic mass is 19.2. The molecule has 2 aromatic carbocycles. The van der Waals surface area contributed by atoms with E-state index in [1.54, 1.807) is 0 Å². The fourth-order valence-electron chi connectivity index (χ4n) is 2.01. The van der Waals surface area contributed by atoms with Gasteiger partial charge in [-0.15, -0.1) is 0 Å². The molecule has 0 spiro atoms. The predicted octanol–water partition coefficient (Wildman–Crippen LogP) is 4.48. The maximum atomic E-state index is 14.0. The van der Waals surface area contributed by atoms with Gasteiger partial charge >= 0.3 is 0 Å². The van der Waals surface area contributed by atoms with E-state index < -0.39 is 87.0 Å². The Bertz CT molecular complexity index is 892. The van der Waals surface area contributed by atoms with Crippen molar-refractivity contribution in [2.75, 3.05) is 0 Å². The van der Waals surface area contributed by atoms with Crippen LogP contribution in [0.5, 0.6) is 0 Å². The van der Waals surface area contributed by atoms with E-state index in [9.17, 15) is 57.9 Å². The lowest BCUT2D eigenvalue weighted by atomic mass is 9.97. The summed E-state index contributed by atoms with van der Waals surface area (Å²) in [5.74, 6) is -33.5. The third kappa shape index (κ3) is 2.99. The molecule has 0 heterocycles. The zero-order chi connectivity index (χ0) is 21.7. The van der Waals surface area contributed by atoms with Crippen molar-refractivity contribution in [3.8, 4) is 0 Å². The van der Waals surface area contributed by atoms with Gasteiger partial charge in [0, 0.05) is 0 Å². The summed E-state index contributed by atoms with van der Waals surface area (Å²) in [4.78, 5) is 23.3. The summed E-state index contributed by atoms with van der Waals surface area (Å²) in [7, 11) is 0. The molecule has 0 amide bonds. The van der Waals surface area contributed by atoms with Gasteiger partial charge in [-0.2, -0.15) is 0 Å². The van der Waals surface area contributed by atoms with Gasteiger partial charge in [0.25, 0.3) is 0 Å². The molecule has 0 saturated carbocycles. The molecule has 150 valence electrons. The number of halogens is 11. The van der Waals surface area contributed by atoms with Gasteiger partial charge in [-0.1, -0.05) is 0 Å². The lowest BCUT2D eigenvalue weighted by Crippen LogP contribution is -2.31. The van der Waals surface area contributed by atoms with E-state index in [0.29, 0.717) is 0 Å². The van der Waals surface area contributed by atoms with Crippen molar-refractivity contribution in [2.45, 2.75) is 6.17 Å². The van der Waals surface area contributed by atoms with Crippen LogP contribution in [0.1, 0.15) is 20.7 Å². The van der Waals surface area contributed by atoms with E-state index in [1.165, 1.54) is 0 Å². The highest BCUT2D eigenvalue weighted by Gasteiger charge is 2.40. The largest absolute Gasteiger partial charge is 0.290 e. The number of ketones is 2. The molecule has 0 unspecified atom stereocenters. The highest BCUT2D eigenvalue weighted by Crippen LogP contribution is 2.28. The lowest BCUT2D eigenvalue weighted by Gasteiger charge is -2.12. The van der Waals surface area contributed by atoms with E-state index in [-0.39, 0.29) is 0 Å². The average molecular weight is 422 g/mol. The first-order valence-corrected chi connectivity index (χ1v) is 6.59. The Morgan fingerprint density at radius 3 is 0.821 bits per heavy atom. The van der Waals surface area contributed by atoms with Crippen molar-refractivity contribution in [2.24, 2.45) is 0 Å². The number of hydrogen-bond acceptors (Lipinski definition) is 2. The second-order valence-corrected chi connectivity index (χ2v) is 4.98. The van der Waals surface area contributed by atoms with E-state index in [1.807, 2.05) is 0 Å². The van der Waals surface area contributed by atoms with Gasteiger partial charge in [-0.25, -0.2) is 48.3 Å². The number of carbonyl (C=O) groups is 2. The standard InChI is InChI=1S/C15HF11O2/c16-3-1(4(17)8(21)11(24)7(3)20)14(27)13(26)15(28)2-5(18)9(22)12(25)10(23)6(2)19/h13H. The first kappa shape index (κ1) is 21.3. The Balaban J connectivity index is 2.62. The van der Waals surface area contributed by atoms with Gasteiger partial charge in [-0.3, -0.25) is 9.59 Å². The highest BCUT2D eigenvalue weighted by molar-refractivity contribution is 6.18. The summed E-state index contributed by atoms with van der Waals surface area (Å²) in [5.41, 5.74) is -4.97. The number of alkyl halides is 1. The normalized spacial score (nSPS) is 11.3. The van der Waals surface area contributed by atoms with E-state index in [2.05, 4.69) is 0 Å². The van der Waals surface area contributed by atoms with Crippen LogP contribution >= 0.6 is 0 Å². The summed E-state index contributed by atoms with van der Waals surface area (Å²) in [6, 6.07) is 0. The zero-order valence-electron chi connectivity index (χ0n) is 12.6. The van der Waals surface area contributed by atoms with Crippen molar-refractivity contribution >= 4 is 11.6 Å². The Hall–Kier alpha value is -2.99. The molecule has 2 nitrogen and oxygen atoms in total. The third-order valence-corrected chi connectivity index (χ3v) is 3.37.